The van der Waals surface area contributed by atoms with Gasteiger partial charge in [-0.1, -0.05) is 12.1 Å². The summed E-state index contributed by atoms with van der Waals surface area (Å²) < 4.78 is 44.4. The maximum absolute atomic E-state index is 13.0. The van der Waals surface area contributed by atoms with Crippen molar-refractivity contribution in [3.8, 4) is 0 Å². The fourth-order valence-corrected chi connectivity index (χ4v) is 2.75. The van der Waals surface area contributed by atoms with E-state index in [2.05, 4.69) is 9.71 Å². The summed E-state index contributed by atoms with van der Waals surface area (Å²) in [6.07, 6.45) is 0. The molecule has 0 radical (unpaired) electrons. The molecule has 0 unspecified atom stereocenters. The predicted octanol–water partition coefficient (Wildman–Crippen LogP) is 2.05. The molecule has 0 spiro atoms. The minimum absolute atomic E-state index is 0.0215. The number of sulfonamides is 1. The average Bonchev–Trinajstić information content (AvgIpc) is 2.66. The van der Waals surface area contributed by atoms with E-state index in [0.29, 0.717) is 17.2 Å². The summed E-state index contributed by atoms with van der Waals surface area (Å²) in [7, 11) is -3.57. The molecule has 0 bridgehead atoms. The maximum Gasteiger partial charge on any atom is 0.216 e. The fraction of sp³-hybridized carbons (Fsp3) is 0.308. The van der Waals surface area contributed by atoms with Gasteiger partial charge in [-0.05, 0) is 31.5 Å². The van der Waals surface area contributed by atoms with E-state index >= 15 is 0 Å². The van der Waals surface area contributed by atoms with E-state index in [1.54, 1.807) is 19.9 Å². The van der Waals surface area contributed by atoms with Crippen molar-refractivity contribution in [3.63, 3.8) is 0 Å². The zero-order valence-electron chi connectivity index (χ0n) is 11.2. The van der Waals surface area contributed by atoms with E-state index < -0.39 is 15.8 Å². The van der Waals surface area contributed by atoms with Gasteiger partial charge in [0.15, 0.2) is 0 Å². The molecular formula is C13H15FN2O3S. The van der Waals surface area contributed by atoms with Crippen molar-refractivity contribution in [1.29, 1.82) is 0 Å². The number of aromatic nitrogens is 1. The Kier molecular flexibility index (Phi) is 4.20. The second-order valence-corrected chi connectivity index (χ2v) is 6.27. The number of nitrogens with zero attached hydrogens (tertiary/aromatic N) is 1. The molecule has 0 saturated carbocycles. The molecular weight excluding hydrogens is 283 g/mol. The Morgan fingerprint density at radius 1 is 1.35 bits per heavy atom. The van der Waals surface area contributed by atoms with Crippen LogP contribution < -0.4 is 4.72 Å². The summed E-state index contributed by atoms with van der Waals surface area (Å²) in [5, 5.41) is 0. The van der Waals surface area contributed by atoms with E-state index in [1.807, 2.05) is 0 Å². The highest BCUT2D eigenvalue weighted by Gasteiger charge is 2.14. The highest BCUT2D eigenvalue weighted by atomic mass is 32.2. The Balaban J connectivity index is 2.01. The van der Waals surface area contributed by atoms with Gasteiger partial charge >= 0.3 is 0 Å². The van der Waals surface area contributed by atoms with Crippen molar-refractivity contribution >= 4 is 10.0 Å². The van der Waals surface area contributed by atoms with E-state index in [4.69, 9.17) is 4.42 Å². The van der Waals surface area contributed by atoms with Gasteiger partial charge in [0.05, 0.1) is 18.0 Å². The Bertz CT molecular complexity index is 691. The van der Waals surface area contributed by atoms with Gasteiger partial charge in [-0.3, -0.25) is 0 Å². The minimum atomic E-state index is -3.57. The molecule has 0 atom stereocenters. The molecule has 0 aliphatic carbocycles. The quantitative estimate of drug-likeness (QED) is 0.917. The smallest absolute Gasteiger partial charge is 0.216 e. The van der Waals surface area contributed by atoms with Crippen molar-refractivity contribution in [2.24, 2.45) is 0 Å². The van der Waals surface area contributed by atoms with Gasteiger partial charge < -0.3 is 4.42 Å². The van der Waals surface area contributed by atoms with Crippen LogP contribution in [0.1, 0.15) is 22.9 Å². The first-order valence-corrected chi connectivity index (χ1v) is 7.65. The number of rotatable bonds is 5. The molecule has 0 amide bonds. The third kappa shape index (κ3) is 3.88. The highest BCUT2D eigenvalue weighted by molar-refractivity contribution is 7.88. The minimum Gasteiger partial charge on any atom is -0.444 e. The van der Waals surface area contributed by atoms with Crippen LogP contribution >= 0.6 is 0 Å². The Hall–Kier alpha value is -1.73. The number of nitrogens with one attached hydrogen (secondary N) is 1. The first-order valence-electron chi connectivity index (χ1n) is 6.00. The summed E-state index contributed by atoms with van der Waals surface area (Å²) in [6, 6.07) is 5.49. The molecule has 1 heterocycles. The van der Waals surface area contributed by atoms with E-state index in [-0.39, 0.29) is 12.3 Å². The van der Waals surface area contributed by atoms with E-state index in [1.165, 1.54) is 18.2 Å². The summed E-state index contributed by atoms with van der Waals surface area (Å²) >= 11 is 0. The Labute approximate surface area is 116 Å². The molecule has 7 heteroatoms. The predicted molar refractivity (Wildman–Crippen MR) is 71.8 cm³/mol. The Morgan fingerprint density at radius 2 is 2.10 bits per heavy atom. The Morgan fingerprint density at radius 3 is 2.70 bits per heavy atom. The number of halogens is 1. The van der Waals surface area contributed by atoms with Gasteiger partial charge in [0.2, 0.25) is 15.9 Å². The fourth-order valence-electron chi connectivity index (χ4n) is 1.68. The van der Waals surface area contributed by atoms with Crippen LogP contribution in [0.5, 0.6) is 0 Å². The molecule has 5 nitrogen and oxygen atoms in total. The first-order chi connectivity index (χ1) is 9.35. The second-order valence-electron chi connectivity index (χ2n) is 4.46. The summed E-state index contributed by atoms with van der Waals surface area (Å²) in [4.78, 5) is 4.08. The largest absolute Gasteiger partial charge is 0.444 e. The van der Waals surface area contributed by atoms with Gasteiger partial charge in [0.1, 0.15) is 11.6 Å². The molecule has 108 valence electrons. The molecule has 2 rings (SSSR count). The van der Waals surface area contributed by atoms with Crippen molar-refractivity contribution in [2.45, 2.75) is 26.1 Å². The number of hydrogen-bond donors (Lipinski definition) is 1. The number of aryl methyl sites for hydroxylation is 2. The van der Waals surface area contributed by atoms with Gasteiger partial charge in [-0.2, -0.15) is 0 Å². The van der Waals surface area contributed by atoms with Crippen LogP contribution in [0.15, 0.2) is 28.7 Å². The third-order valence-corrected chi connectivity index (χ3v) is 4.06. The average molecular weight is 298 g/mol. The molecule has 1 N–H and O–H groups in total. The third-order valence-electron chi connectivity index (χ3n) is 2.76. The molecule has 1 aromatic carbocycles. The van der Waals surface area contributed by atoms with Gasteiger partial charge in [0.25, 0.3) is 0 Å². The summed E-state index contributed by atoms with van der Waals surface area (Å²) in [5.41, 5.74) is 1.11. The van der Waals surface area contributed by atoms with Crippen molar-refractivity contribution in [1.82, 2.24) is 9.71 Å². The number of oxazole rings is 1. The lowest BCUT2D eigenvalue weighted by Crippen LogP contribution is -2.24. The molecule has 2 aromatic rings. The normalized spacial score (nSPS) is 11.8. The van der Waals surface area contributed by atoms with Crippen LogP contribution in [-0.2, 0) is 22.3 Å². The number of hydrogen-bond acceptors (Lipinski definition) is 4. The van der Waals surface area contributed by atoms with Crippen LogP contribution in [0.3, 0.4) is 0 Å². The topological polar surface area (TPSA) is 72.2 Å². The monoisotopic (exact) mass is 298 g/mol. The van der Waals surface area contributed by atoms with Crippen LogP contribution in [0, 0.1) is 19.7 Å². The first kappa shape index (κ1) is 14.7. The molecule has 20 heavy (non-hydrogen) atoms. The molecule has 1 aromatic heterocycles. The van der Waals surface area contributed by atoms with Crippen LogP contribution in [0.25, 0.3) is 0 Å². The van der Waals surface area contributed by atoms with E-state index in [9.17, 15) is 12.8 Å². The lowest BCUT2D eigenvalue weighted by molar-refractivity contribution is 0.463. The molecule has 0 aliphatic heterocycles. The SMILES string of the molecule is Cc1nc(CNS(=O)(=O)Cc2cccc(F)c2)oc1C. The molecule has 0 aliphatic rings. The second kappa shape index (κ2) is 5.72. The summed E-state index contributed by atoms with van der Waals surface area (Å²) in [6.45, 7) is 3.52. The van der Waals surface area contributed by atoms with Crippen molar-refractivity contribution < 1.29 is 17.2 Å². The lowest BCUT2D eigenvalue weighted by Gasteiger charge is -2.05. The standard InChI is InChI=1S/C13H15FN2O3S/c1-9-10(2)19-13(16-9)7-15-20(17,18)8-11-4-3-5-12(14)6-11/h3-6,15H,7-8H2,1-2H3. The van der Waals surface area contributed by atoms with Crippen LogP contribution in [0.2, 0.25) is 0 Å². The van der Waals surface area contributed by atoms with Gasteiger partial charge in [0, 0.05) is 0 Å². The highest BCUT2D eigenvalue weighted by Crippen LogP contribution is 2.10. The van der Waals surface area contributed by atoms with Crippen molar-refractivity contribution in [3.05, 3.63) is 53.0 Å². The summed E-state index contributed by atoms with van der Waals surface area (Å²) in [5.74, 6) is 0.215. The van der Waals surface area contributed by atoms with Gasteiger partial charge in [-0.15, -0.1) is 0 Å². The van der Waals surface area contributed by atoms with E-state index in [0.717, 1.165) is 5.69 Å². The zero-order valence-corrected chi connectivity index (χ0v) is 12.0. The van der Waals surface area contributed by atoms with Crippen LogP contribution in [-0.4, -0.2) is 13.4 Å². The van der Waals surface area contributed by atoms with Crippen LogP contribution in [0.4, 0.5) is 4.39 Å². The maximum atomic E-state index is 13.0. The lowest BCUT2D eigenvalue weighted by atomic mass is 10.2. The van der Waals surface area contributed by atoms with Crippen molar-refractivity contribution in [2.75, 3.05) is 0 Å². The molecule has 0 saturated heterocycles. The zero-order chi connectivity index (χ0) is 14.8. The molecule has 0 fully saturated rings. The number of benzene rings is 1. The van der Waals surface area contributed by atoms with Gasteiger partial charge in [-0.25, -0.2) is 22.5 Å².